The number of carbonyl (C=O) groups excluding carboxylic acids is 1. The summed E-state index contributed by atoms with van der Waals surface area (Å²) in [6.07, 6.45) is 6.68. The largest absolute Gasteiger partial charge is 0.476 e. The van der Waals surface area contributed by atoms with Gasteiger partial charge >= 0.3 is 5.97 Å². The number of aromatic nitrogens is 2. The first-order chi connectivity index (χ1) is 11.6. The maximum absolute atomic E-state index is 12.3. The molecule has 1 aliphatic rings. The lowest BCUT2D eigenvalue weighted by molar-refractivity contribution is 0.0689. The lowest BCUT2D eigenvalue weighted by atomic mass is 9.79. The van der Waals surface area contributed by atoms with Crippen molar-refractivity contribution in [3.63, 3.8) is 0 Å². The quantitative estimate of drug-likeness (QED) is 0.881. The molecule has 0 saturated heterocycles. The molecule has 1 fully saturated rings. The summed E-state index contributed by atoms with van der Waals surface area (Å²) in [4.78, 5) is 30.7. The Morgan fingerprint density at radius 1 is 1.04 bits per heavy atom. The first kappa shape index (κ1) is 16.1. The van der Waals surface area contributed by atoms with Gasteiger partial charge in [0.15, 0.2) is 5.69 Å². The highest BCUT2D eigenvalue weighted by Gasteiger charge is 2.35. The molecule has 124 valence electrons. The number of hydrogen-bond donors (Lipinski definition) is 2. The highest BCUT2D eigenvalue weighted by molar-refractivity contribution is 5.92. The van der Waals surface area contributed by atoms with Gasteiger partial charge in [0.05, 0.1) is 12.4 Å². The summed E-state index contributed by atoms with van der Waals surface area (Å²) < 4.78 is 0. The zero-order chi connectivity index (χ0) is 17.0. The molecule has 0 unspecified atom stereocenters. The van der Waals surface area contributed by atoms with Crippen molar-refractivity contribution in [1.82, 2.24) is 15.3 Å². The molecule has 6 nitrogen and oxygen atoms in total. The number of hydrogen-bond acceptors (Lipinski definition) is 4. The van der Waals surface area contributed by atoms with Gasteiger partial charge in [-0.3, -0.25) is 4.79 Å². The van der Waals surface area contributed by atoms with Crippen LogP contribution in [0.1, 0.15) is 52.2 Å². The summed E-state index contributed by atoms with van der Waals surface area (Å²) in [6.45, 7) is 0.540. The van der Waals surface area contributed by atoms with Crippen molar-refractivity contribution in [2.75, 3.05) is 6.54 Å². The predicted molar refractivity (Wildman–Crippen MR) is 87.9 cm³/mol. The molecule has 1 amide bonds. The summed E-state index contributed by atoms with van der Waals surface area (Å²) in [5, 5.41) is 11.8. The summed E-state index contributed by atoms with van der Waals surface area (Å²) in [6, 6.07) is 10.3. The molecule has 0 atom stereocenters. The fraction of sp³-hybridized carbons (Fsp3) is 0.333. The third-order valence-corrected chi connectivity index (χ3v) is 4.64. The number of carboxylic acids is 1. The van der Waals surface area contributed by atoms with Crippen molar-refractivity contribution in [2.45, 2.75) is 31.1 Å². The molecule has 2 aromatic rings. The van der Waals surface area contributed by atoms with Gasteiger partial charge in [-0.1, -0.05) is 43.2 Å². The molecule has 0 spiro atoms. The van der Waals surface area contributed by atoms with E-state index in [9.17, 15) is 9.59 Å². The van der Waals surface area contributed by atoms with Gasteiger partial charge < -0.3 is 10.4 Å². The SMILES string of the molecule is O=C(O)c1cnc(C(=O)NCC2(c3ccccc3)CCCC2)cn1. The van der Waals surface area contributed by atoms with E-state index in [-0.39, 0.29) is 22.7 Å². The van der Waals surface area contributed by atoms with E-state index in [2.05, 4.69) is 27.4 Å². The Morgan fingerprint density at radius 3 is 2.25 bits per heavy atom. The highest BCUT2D eigenvalue weighted by Crippen LogP contribution is 2.40. The van der Waals surface area contributed by atoms with Crippen molar-refractivity contribution in [3.8, 4) is 0 Å². The molecule has 3 rings (SSSR count). The maximum Gasteiger partial charge on any atom is 0.356 e. The molecule has 1 aromatic carbocycles. The molecule has 1 aromatic heterocycles. The topological polar surface area (TPSA) is 92.2 Å². The summed E-state index contributed by atoms with van der Waals surface area (Å²) in [5.41, 5.74) is 1.16. The zero-order valence-corrected chi connectivity index (χ0v) is 13.2. The lowest BCUT2D eigenvalue weighted by Gasteiger charge is -2.30. The van der Waals surface area contributed by atoms with Crippen LogP contribution in [-0.4, -0.2) is 33.5 Å². The second-order valence-electron chi connectivity index (χ2n) is 6.13. The van der Waals surface area contributed by atoms with Gasteiger partial charge in [-0.15, -0.1) is 0 Å². The standard InChI is InChI=1S/C18H19N3O3/c22-16(14-10-20-15(11-19-14)17(23)24)21-12-18(8-4-5-9-18)13-6-2-1-3-7-13/h1-3,6-7,10-11H,4-5,8-9,12H2,(H,21,22)(H,23,24). The number of carboxylic acid groups (broad SMARTS) is 1. The molecular weight excluding hydrogens is 306 g/mol. The van der Waals surface area contributed by atoms with Gasteiger partial charge in [-0.25, -0.2) is 14.8 Å². The predicted octanol–water partition coefficient (Wildman–Crippen LogP) is 2.42. The Kier molecular flexibility index (Phi) is 4.55. The second-order valence-corrected chi connectivity index (χ2v) is 6.13. The van der Waals surface area contributed by atoms with E-state index in [1.165, 1.54) is 11.8 Å². The van der Waals surface area contributed by atoms with Gasteiger partial charge in [-0.2, -0.15) is 0 Å². The maximum atomic E-state index is 12.3. The number of benzene rings is 1. The Bertz CT molecular complexity index is 723. The number of aromatic carboxylic acids is 1. The van der Waals surface area contributed by atoms with Crippen LogP contribution in [-0.2, 0) is 5.41 Å². The van der Waals surface area contributed by atoms with Crippen LogP contribution in [0, 0.1) is 0 Å². The molecule has 2 N–H and O–H groups in total. The first-order valence-electron chi connectivity index (χ1n) is 8.00. The van der Waals surface area contributed by atoms with E-state index in [1.807, 2.05) is 18.2 Å². The van der Waals surface area contributed by atoms with E-state index < -0.39 is 5.97 Å². The van der Waals surface area contributed by atoms with Gasteiger partial charge in [0.1, 0.15) is 5.69 Å². The van der Waals surface area contributed by atoms with Crippen LogP contribution in [0.5, 0.6) is 0 Å². The molecule has 0 radical (unpaired) electrons. The van der Waals surface area contributed by atoms with Crippen LogP contribution in [0.25, 0.3) is 0 Å². The Balaban J connectivity index is 1.71. The number of rotatable bonds is 5. The van der Waals surface area contributed by atoms with Crippen LogP contribution in [0.15, 0.2) is 42.7 Å². The highest BCUT2D eigenvalue weighted by atomic mass is 16.4. The normalized spacial score (nSPS) is 15.8. The van der Waals surface area contributed by atoms with E-state index in [0.29, 0.717) is 6.54 Å². The Morgan fingerprint density at radius 2 is 1.67 bits per heavy atom. The van der Waals surface area contributed by atoms with Gasteiger partial charge in [0, 0.05) is 12.0 Å². The van der Waals surface area contributed by atoms with Crippen LogP contribution in [0.4, 0.5) is 0 Å². The first-order valence-corrected chi connectivity index (χ1v) is 8.00. The van der Waals surface area contributed by atoms with Gasteiger partial charge in [0.2, 0.25) is 0 Å². The van der Waals surface area contributed by atoms with Crippen molar-refractivity contribution in [1.29, 1.82) is 0 Å². The van der Waals surface area contributed by atoms with E-state index in [0.717, 1.165) is 31.9 Å². The Labute approximate surface area is 140 Å². The van der Waals surface area contributed by atoms with Crippen LogP contribution >= 0.6 is 0 Å². The fourth-order valence-electron chi connectivity index (χ4n) is 3.31. The lowest BCUT2D eigenvalue weighted by Crippen LogP contribution is -2.39. The molecule has 1 heterocycles. The molecule has 24 heavy (non-hydrogen) atoms. The molecule has 0 aliphatic heterocycles. The average molecular weight is 325 g/mol. The third kappa shape index (κ3) is 3.27. The van der Waals surface area contributed by atoms with E-state index in [4.69, 9.17) is 5.11 Å². The second kappa shape index (κ2) is 6.78. The summed E-state index contributed by atoms with van der Waals surface area (Å²) in [5.74, 6) is -1.50. The Hall–Kier alpha value is -2.76. The molecule has 1 saturated carbocycles. The average Bonchev–Trinajstić information content (AvgIpc) is 3.11. The smallest absolute Gasteiger partial charge is 0.356 e. The van der Waals surface area contributed by atoms with Crippen molar-refractivity contribution < 1.29 is 14.7 Å². The molecule has 1 aliphatic carbocycles. The molecular formula is C18H19N3O3. The van der Waals surface area contributed by atoms with Crippen LogP contribution < -0.4 is 5.32 Å². The zero-order valence-electron chi connectivity index (χ0n) is 13.2. The molecule has 0 bridgehead atoms. The van der Waals surface area contributed by atoms with Crippen LogP contribution in [0.2, 0.25) is 0 Å². The van der Waals surface area contributed by atoms with Gasteiger partial charge in [0.25, 0.3) is 5.91 Å². The number of amides is 1. The summed E-state index contributed by atoms with van der Waals surface area (Å²) in [7, 11) is 0. The van der Waals surface area contributed by atoms with E-state index >= 15 is 0 Å². The number of nitrogens with zero attached hydrogens (tertiary/aromatic N) is 2. The fourth-order valence-corrected chi connectivity index (χ4v) is 3.31. The van der Waals surface area contributed by atoms with Crippen molar-refractivity contribution >= 4 is 11.9 Å². The minimum absolute atomic E-state index is 0.0364. The molecule has 6 heteroatoms. The number of carbonyl (C=O) groups is 2. The number of nitrogens with one attached hydrogen (secondary N) is 1. The van der Waals surface area contributed by atoms with Crippen LogP contribution in [0.3, 0.4) is 0 Å². The van der Waals surface area contributed by atoms with Gasteiger partial charge in [-0.05, 0) is 18.4 Å². The van der Waals surface area contributed by atoms with E-state index in [1.54, 1.807) is 0 Å². The summed E-state index contributed by atoms with van der Waals surface area (Å²) >= 11 is 0. The minimum Gasteiger partial charge on any atom is -0.476 e. The van der Waals surface area contributed by atoms with Crippen molar-refractivity contribution in [3.05, 3.63) is 59.7 Å². The monoisotopic (exact) mass is 325 g/mol. The van der Waals surface area contributed by atoms with Crippen molar-refractivity contribution in [2.24, 2.45) is 0 Å². The third-order valence-electron chi connectivity index (χ3n) is 4.64. The minimum atomic E-state index is -1.16.